The molecule has 0 unspecified atom stereocenters. The molecule has 1 saturated heterocycles. The number of para-hydroxylation sites is 1. The topological polar surface area (TPSA) is 47.6 Å². The van der Waals surface area contributed by atoms with E-state index in [-0.39, 0.29) is 23.5 Å². The zero-order valence-electron chi connectivity index (χ0n) is 13.6. The van der Waals surface area contributed by atoms with Crippen LogP contribution in [0.4, 0.5) is 0 Å². The Morgan fingerprint density at radius 2 is 2.00 bits per heavy atom. The third-order valence-corrected chi connectivity index (χ3v) is 5.58. The molecule has 0 bridgehead atoms. The Kier molecular flexibility index (Phi) is 4.02. The number of carbonyl (C=O) groups excluding carboxylic acids is 1. The smallest absolute Gasteiger partial charge is 0.226 e. The molecule has 1 spiro atoms. The Hall–Kier alpha value is -1.55. The number of nitrogens with one attached hydrogen (secondary N) is 1. The molecule has 1 amide bonds. The van der Waals surface area contributed by atoms with Crippen molar-refractivity contribution >= 4 is 5.91 Å². The van der Waals surface area contributed by atoms with Gasteiger partial charge >= 0.3 is 0 Å². The maximum Gasteiger partial charge on any atom is 0.226 e. The van der Waals surface area contributed by atoms with Crippen LogP contribution in [0.5, 0.6) is 5.75 Å². The van der Waals surface area contributed by atoms with Crippen LogP contribution in [-0.2, 0) is 9.53 Å². The molecule has 124 valence electrons. The molecule has 23 heavy (non-hydrogen) atoms. The van der Waals surface area contributed by atoms with Crippen LogP contribution in [-0.4, -0.2) is 24.7 Å². The molecule has 4 heteroatoms. The third kappa shape index (κ3) is 2.97. The summed E-state index contributed by atoms with van der Waals surface area (Å²) in [6.45, 7) is 1.26. The SMILES string of the molecule is O=C(N[C@H]1CC2(CCCCC2)Oc2ccccc21)[C@@H]1CCOC1. The second-order valence-corrected chi connectivity index (χ2v) is 7.21. The number of amides is 1. The highest BCUT2D eigenvalue weighted by atomic mass is 16.5. The number of rotatable bonds is 2. The van der Waals surface area contributed by atoms with E-state index in [2.05, 4.69) is 11.4 Å². The van der Waals surface area contributed by atoms with Crippen molar-refractivity contribution in [3.8, 4) is 5.75 Å². The summed E-state index contributed by atoms with van der Waals surface area (Å²) in [5.41, 5.74) is 1.03. The molecule has 1 aliphatic carbocycles. The molecule has 1 saturated carbocycles. The molecule has 4 rings (SSSR count). The minimum Gasteiger partial charge on any atom is -0.487 e. The van der Waals surface area contributed by atoms with Gasteiger partial charge in [0.25, 0.3) is 0 Å². The Labute approximate surface area is 137 Å². The average molecular weight is 315 g/mol. The molecular formula is C19H25NO3. The predicted molar refractivity (Wildman–Crippen MR) is 87.3 cm³/mol. The molecule has 1 aromatic carbocycles. The fraction of sp³-hybridized carbons (Fsp3) is 0.632. The van der Waals surface area contributed by atoms with E-state index < -0.39 is 0 Å². The van der Waals surface area contributed by atoms with Gasteiger partial charge < -0.3 is 14.8 Å². The first-order valence-electron chi connectivity index (χ1n) is 8.92. The number of hydrogen-bond donors (Lipinski definition) is 1. The van der Waals surface area contributed by atoms with E-state index in [4.69, 9.17) is 9.47 Å². The normalized spacial score (nSPS) is 28.9. The minimum atomic E-state index is -0.0866. The number of benzene rings is 1. The fourth-order valence-electron chi connectivity index (χ4n) is 4.28. The molecule has 3 aliphatic rings. The molecule has 0 aromatic heterocycles. The van der Waals surface area contributed by atoms with Crippen molar-refractivity contribution in [2.45, 2.75) is 56.6 Å². The molecule has 2 aliphatic heterocycles. The van der Waals surface area contributed by atoms with Crippen LogP contribution in [0.1, 0.15) is 56.6 Å². The molecule has 1 N–H and O–H groups in total. The summed E-state index contributed by atoms with van der Waals surface area (Å²) in [6, 6.07) is 8.23. The van der Waals surface area contributed by atoms with E-state index in [9.17, 15) is 4.79 Å². The first kappa shape index (κ1) is 15.0. The van der Waals surface area contributed by atoms with E-state index in [1.165, 1.54) is 19.3 Å². The van der Waals surface area contributed by atoms with Crippen LogP contribution in [0, 0.1) is 5.92 Å². The summed E-state index contributed by atoms with van der Waals surface area (Å²) in [4.78, 5) is 12.6. The van der Waals surface area contributed by atoms with Crippen molar-refractivity contribution in [2.75, 3.05) is 13.2 Å². The van der Waals surface area contributed by atoms with Crippen LogP contribution in [0.3, 0.4) is 0 Å². The Morgan fingerprint density at radius 1 is 1.17 bits per heavy atom. The van der Waals surface area contributed by atoms with Gasteiger partial charge in [-0.25, -0.2) is 0 Å². The zero-order valence-corrected chi connectivity index (χ0v) is 13.6. The minimum absolute atomic E-state index is 0.00677. The maximum absolute atomic E-state index is 12.6. The van der Waals surface area contributed by atoms with Crippen LogP contribution >= 0.6 is 0 Å². The molecule has 4 nitrogen and oxygen atoms in total. The zero-order chi connectivity index (χ0) is 15.7. The van der Waals surface area contributed by atoms with Crippen LogP contribution in [0.15, 0.2) is 24.3 Å². The van der Waals surface area contributed by atoms with Gasteiger partial charge in [0, 0.05) is 18.6 Å². The van der Waals surface area contributed by atoms with Crippen molar-refractivity contribution in [1.82, 2.24) is 5.32 Å². The standard InChI is InChI=1S/C19H25NO3/c21-18(14-8-11-22-13-14)20-16-12-19(9-4-1-5-10-19)23-17-7-3-2-6-15(16)17/h2-3,6-7,14,16H,1,4-5,8-13H2,(H,20,21)/t14-,16+/m1/s1. The summed E-state index contributed by atoms with van der Waals surface area (Å²) < 4.78 is 11.8. The number of ether oxygens (including phenoxy) is 2. The lowest BCUT2D eigenvalue weighted by Gasteiger charge is -2.44. The van der Waals surface area contributed by atoms with Gasteiger partial charge in [-0.15, -0.1) is 0 Å². The summed E-state index contributed by atoms with van der Waals surface area (Å²) in [7, 11) is 0. The highest BCUT2D eigenvalue weighted by Crippen LogP contribution is 2.46. The van der Waals surface area contributed by atoms with E-state index in [0.717, 1.165) is 37.0 Å². The van der Waals surface area contributed by atoms with Crippen molar-refractivity contribution in [1.29, 1.82) is 0 Å². The first-order valence-corrected chi connectivity index (χ1v) is 8.92. The van der Waals surface area contributed by atoms with E-state index in [0.29, 0.717) is 13.2 Å². The van der Waals surface area contributed by atoms with Gasteiger partial charge in [-0.05, 0) is 38.2 Å². The van der Waals surface area contributed by atoms with Crippen LogP contribution in [0.25, 0.3) is 0 Å². The van der Waals surface area contributed by atoms with Gasteiger partial charge in [0.1, 0.15) is 11.4 Å². The van der Waals surface area contributed by atoms with Crippen LogP contribution in [0.2, 0.25) is 0 Å². The van der Waals surface area contributed by atoms with Gasteiger partial charge in [-0.3, -0.25) is 4.79 Å². The van der Waals surface area contributed by atoms with Gasteiger partial charge in [-0.1, -0.05) is 24.6 Å². The molecular weight excluding hydrogens is 290 g/mol. The van der Waals surface area contributed by atoms with E-state index in [1.54, 1.807) is 0 Å². The Balaban J connectivity index is 1.57. The largest absolute Gasteiger partial charge is 0.487 e. The quantitative estimate of drug-likeness (QED) is 0.910. The lowest BCUT2D eigenvalue weighted by Crippen LogP contribution is -2.47. The van der Waals surface area contributed by atoms with Gasteiger partial charge in [-0.2, -0.15) is 0 Å². The van der Waals surface area contributed by atoms with Crippen molar-refractivity contribution < 1.29 is 14.3 Å². The molecule has 0 radical (unpaired) electrons. The molecule has 2 fully saturated rings. The summed E-state index contributed by atoms with van der Waals surface area (Å²) in [5, 5.41) is 3.29. The lowest BCUT2D eigenvalue weighted by atomic mass is 9.77. The predicted octanol–water partition coefficient (Wildman–Crippen LogP) is 3.37. The Bertz CT molecular complexity index is 574. The van der Waals surface area contributed by atoms with E-state index in [1.807, 2.05) is 18.2 Å². The number of fused-ring (bicyclic) bond motifs is 1. The van der Waals surface area contributed by atoms with Gasteiger partial charge in [0.2, 0.25) is 5.91 Å². The van der Waals surface area contributed by atoms with Crippen molar-refractivity contribution in [3.05, 3.63) is 29.8 Å². The monoisotopic (exact) mass is 315 g/mol. The van der Waals surface area contributed by atoms with Crippen molar-refractivity contribution in [2.24, 2.45) is 5.92 Å². The molecule has 2 heterocycles. The number of hydrogen-bond acceptors (Lipinski definition) is 3. The average Bonchev–Trinajstić information content (AvgIpc) is 3.10. The van der Waals surface area contributed by atoms with Crippen molar-refractivity contribution in [3.63, 3.8) is 0 Å². The number of carbonyl (C=O) groups is 1. The fourth-order valence-corrected chi connectivity index (χ4v) is 4.28. The molecule has 1 aromatic rings. The Morgan fingerprint density at radius 3 is 2.78 bits per heavy atom. The van der Waals surface area contributed by atoms with E-state index >= 15 is 0 Å². The summed E-state index contributed by atoms with van der Waals surface area (Å²) >= 11 is 0. The van der Waals surface area contributed by atoms with Gasteiger partial charge in [0.05, 0.1) is 18.6 Å². The summed E-state index contributed by atoms with van der Waals surface area (Å²) in [5.74, 6) is 1.09. The second-order valence-electron chi connectivity index (χ2n) is 7.21. The second kappa shape index (κ2) is 6.16. The van der Waals surface area contributed by atoms with Gasteiger partial charge in [0.15, 0.2) is 0 Å². The third-order valence-electron chi connectivity index (χ3n) is 5.58. The summed E-state index contributed by atoms with van der Waals surface area (Å²) in [6.07, 6.45) is 7.66. The lowest BCUT2D eigenvalue weighted by molar-refractivity contribution is -0.126. The van der Waals surface area contributed by atoms with Crippen LogP contribution < -0.4 is 10.1 Å². The first-order chi connectivity index (χ1) is 11.3. The molecule has 2 atom stereocenters. The maximum atomic E-state index is 12.6. The highest BCUT2D eigenvalue weighted by Gasteiger charge is 2.42. The highest BCUT2D eigenvalue weighted by molar-refractivity contribution is 5.79.